The first-order valence-electron chi connectivity index (χ1n) is 5.83. The molecule has 16 heavy (non-hydrogen) atoms. The second kappa shape index (κ2) is 6.66. The average Bonchev–Trinajstić information content (AvgIpc) is 2.29. The van der Waals surface area contributed by atoms with Crippen molar-refractivity contribution < 1.29 is 9.53 Å². The lowest BCUT2D eigenvalue weighted by Gasteiger charge is -2.33. The van der Waals surface area contributed by atoms with Crippen LogP contribution < -0.4 is 5.73 Å². The monoisotopic (exact) mass is 226 g/mol. The molecule has 4 heteroatoms. The fraction of sp³-hybridized carbons (Fsp3) is 0.750. The third kappa shape index (κ3) is 3.61. The molecule has 1 heterocycles. The highest BCUT2D eigenvalue weighted by Crippen LogP contribution is 2.17. The van der Waals surface area contributed by atoms with Gasteiger partial charge in [-0.25, -0.2) is 0 Å². The van der Waals surface area contributed by atoms with Gasteiger partial charge in [-0.15, -0.1) is 6.58 Å². The molecule has 1 rings (SSSR count). The van der Waals surface area contributed by atoms with Crippen molar-refractivity contribution in [2.24, 2.45) is 11.7 Å². The van der Waals surface area contributed by atoms with Gasteiger partial charge in [-0.05, 0) is 25.2 Å². The van der Waals surface area contributed by atoms with E-state index in [0.717, 1.165) is 32.5 Å². The van der Waals surface area contributed by atoms with Crippen molar-refractivity contribution in [3.8, 4) is 0 Å². The third-order valence-corrected chi connectivity index (χ3v) is 2.97. The predicted octanol–water partition coefficient (Wildman–Crippen LogP) is 0.775. The number of rotatable bonds is 5. The molecule has 2 unspecified atom stereocenters. The zero-order chi connectivity index (χ0) is 12.0. The first kappa shape index (κ1) is 13.2. The molecule has 4 nitrogen and oxygen atoms in total. The molecule has 0 bridgehead atoms. The number of nitrogens with zero attached hydrogens (tertiary/aromatic N) is 1. The average molecular weight is 226 g/mol. The van der Waals surface area contributed by atoms with Crippen LogP contribution in [0.2, 0.25) is 0 Å². The van der Waals surface area contributed by atoms with E-state index in [-0.39, 0.29) is 5.91 Å². The van der Waals surface area contributed by atoms with E-state index in [1.165, 1.54) is 0 Å². The number of hydrogen-bond acceptors (Lipinski definition) is 3. The number of ether oxygens (including phenoxy) is 1. The fourth-order valence-corrected chi connectivity index (χ4v) is 2.15. The topological polar surface area (TPSA) is 55.6 Å². The molecule has 0 radical (unpaired) electrons. The van der Waals surface area contributed by atoms with Crippen molar-refractivity contribution in [1.29, 1.82) is 0 Å². The second-order valence-electron chi connectivity index (χ2n) is 4.38. The Morgan fingerprint density at radius 2 is 2.50 bits per heavy atom. The van der Waals surface area contributed by atoms with E-state index in [9.17, 15) is 4.79 Å². The van der Waals surface area contributed by atoms with Gasteiger partial charge in [0.25, 0.3) is 0 Å². The van der Waals surface area contributed by atoms with Crippen molar-refractivity contribution in [2.75, 3.05) is 26.8 Å². The summed E-state index contributed by atoms with van der Waals surface area (Å²) >= 11 is 0. The minimum atomic E-state index is -0.432. The van der Waals surface area contributed by atoms with Crippen molar-refractivity contribution in [3.63, 3.8) is 0 Å². The van der Waals surface area contributed by atoms with E-state index in [0.29, 0.717) is 12.3 Å². The van der Waals surface area contributed by atoms with Crippen LogP contribution in [0.3, 0.4) is 0 Å². The summed E-state index contributed by atoms with van der Waals surface area (Å²) in [5.74, 6) is 0.499. The summed E-state index contributed by atoms with van der Waals surface area (Å²) in [5, 5.41) is 0. The zero-order valence-electron chi connectivity index (χ0n) is 10.0. The molecule has 0 spiro atoms. The van der Waals surface area contributed by atoms with Gasteiger partial charge in [0.05, 0.1) is 12.6 Å². The Balaban J connectivity index is 2.46. The molecule has 0 aromatic rings. The minimum absolute atomic E-state index is 0.0423. The van der Waals surface area contributed by atoms with Crippen LogP contribution in [-0.2, 0) is 9.53 Å². The molecular formula is C12H22N2O2. The van der Waals surface area contributed by atoms with Gasteiger partial charge in [0.2, 0.25) is 5.91 Å². The number of likely N-dealkylation sites (tertiary alicyclic amines) is 1. The molecule has 1 amide bonds. The van der Waals surface area contributed by atoms with Crippen molar-refractivity contribution in [3.05, 3.63) is 12.7 Å². The lowest BCUT2D eigenvalue weighted by atomic mass is 9.98. The quantitative estimate of drug-likeness (QED) is 0.705. The molecule has 2 N–H and O–H groups in total. The summed E-state index contributed by atoms with van der Waals surface area (Å²) in [5.41, 5.74) is 5.78. The van der Waals surface area contributed by atoms with Gasteiger partial charge in [0, 0.05) is 20.2 Å². The Morgan fingerprint density at radius 1 is 1.75 bits per heavy atom. The fourth-order valence-electron chi connectivity index (χ4n) is 2.15. The van der Waals surface area contributed by atoms with E-state index >= 15 is 0 Å². The summed E-state index contributed by atoms with van der Waals surface area (Å²) in [6.45, 7) is 5.92. The Morgan fingerprint density at radius 3 is 3.12 bits per heavy atom. The van der Waals surface area contributed by atoms with Crippen molar-refractivity contribution in [1.82, 2.24) is 4.90 Å². The summed E-state index contributed by atoms with van der Waals surface area (Å²) in [4.78, 5) is 13.8. The molecule has 1 saturated heterocycles. The van der Waals surface area contributed by atoms with E-state index < -0.39 is 6.04 Å². The van der Waals surface area contributed by atoms with Gasteiger partial charge in [0.1, 0.15) is 0 Å². The highest BCUT2D eigenvalue weighted by molar-refractivity contribution is 5.81. The summed E-state index contributed by atoms with van der Waals surface area (Å²) in [6.07, 6.45) is 4.42. The highest BCUT2D eigenvalue weighted by atomic mass is 16.5. The molecule has 1 aliphatic heterocycles. The molecule has 0 aromatic heterocycles. The van der Waals surface area contributed by atoms with Gasteiger partial charge >= 0.3 is 0 Å². The number of carbonyl (C=O) groups is 1. The molecule has 2 atom stereocenters. The zero-order valence-corrected chi connectivity index (χ0v) is 10.0. The summed E-state index contributed by atoms with van der Waals surface area (Å²) in [6, 6.07) is -0.432. The molecule has 92 valence electrons. The number of nitrogens with two attached hydrogens (primary N) is 1. The predicted molar refractivity (Wildman–Crippen MR) is 64.0 cm³/mol. The molecule has 0 saturated carbocycles. The van der Waals surface area contributed by atoms with Crippen LogP contribution in [0, 0.1) is 5.92 Å². The maximum absolute atomic E-state index is 12.0. The van der Waals surface area contributed by atoms with Crippen molar-refractivity contribution in [2.45, 2.75) is 25.3 Å². The first-order valence-corrected chi connectivity index (χ1v) is 5.83. The third-order valence-electron chi connectivity index (χ3n) is 2.97. The summed E-state index contributed by atoms with van der Waals surface area (Å²) in [7, 11) is 1.70. The number of piperidine rings is 1. The molecule has 1 aliphatic rings. The Kier molecular flexibility index (Phi) is 5.49. The summed E-state index contributed by atoms with van der Waals surface area (Å²) < 4.78 is 5.13. The first-order chi connectivity index (χ1) is 7.69. The van der Waals surface area contributed by atoms with Crippen LogP contribution in [0.15, 0.2) is 12.7 Å². The van der Waals surface area contributed by atoms with Gasteiger partial charge in [-0.3, -0.25) is 4.79 Å². The van der Waals surface area contributed by atoms with Crippen LogP contribution in [0.25, 0.3) is 0 Å². The van der Waals surface area contributed by atoms with Gasteiger partial charge < -0.3 is 15.4 Å². The van der Waals surface area contributed by atoms with Crippen LogP contribution in [0.4, 0.5) is 0 Å². The van der Waals surface area contributed by atoms with Gasteiger partial charge in [-0.2, -0.15) is 0 Å². The maximum Gasteiger partial charge on any atom is 0.239 e. The smallest absolute Gasteiger partial charge is 0.239 e. The van der Waals surface area contributed by atoms with Gasteiger partial charge in [-0.1, -0.05) is 6.08 Å². The maximum atomic E-state index is 12.0. The van der Waals surface area contributed by atoms with Gasteiger partial charge in [0.15, 0.2) is 0 Å². The number of amides is 1. The molecule has 0 aliphatic carbocycles. The lowest BCUT2D eigenvalue weighted by molar-refractivity contribution is -0.134. The van der Waals surface area contributed by atoms with Crippen LogP contribution in [-0.4, -0.2) is 43.7 Å². The Labute approximate surface area is 97.4 Å². The number of methoxy groups -OCH3 is 1. The van der Waals surface area contributed by atoms with Crippen LogP contribution in [0.5, 0.6) is 0 Å². The highest BCUT2D eigenvalue weighted by Gasteiger charge is 2.26. The Hall–Kier alpha value is -0.870. The lowest BCUT2D eigenvalue weighted by Crippen LogP contribution is -2.48. The second-order valence-corrected chi connectivity index (χ2v) is 4.38. The molecule has 0 aromatic carbocycles. The van der Waals surface area contributed by atoms with E-state index in [4.69, 9.17) is 10.5 Å². The SMILES string of the molecule is C=CCC(N)C(=O)N1CCCC(COC)C1. The normalized spacial score (nSPS) is 22.9. The van der Waals surface area contributed by atoms with Crippen LogP contribution in [0.1, 0.15) is 19.3 Å². The van der Waals surface area contributed by atoms with E-state index in [2.05, 4.69) is 6.58 Å². The molecule has 1 fully saturated rings. The number of carbonyl (C=O) groups excluding carboxylic acids is 1. The minimum Gasteiger partial charge on any atom is -0.384 e. The van der Waals surface area contributed by atoms with E-state index in [1.54, 1.807) is 13.2 Å². The van der Waals surface area contributed by atoms with Crippen LogP contribution >= 0.6 is 0 Å². The largest absolute Gasteiger partial charge is 0.384 e. The molecular weight excluding hydrogens is 204 g/mol. The Bertz CT molecular complexity index is 241. The standard InChI is InChI=1S/C12H22N2O2/c1-3-5-11(13)12(15)14-7-4-6-10(8-14)9-16-2/h3,10-11H,1,4-9,13H2,2H3. The number of hydrogen-bond donors (Lipinski definition) is 1. The van der Waals surface area contributed by atoms with Crippen molar-refractivity contribution >= 4 is 5.91 Å². The van der Waals surface area contributed by atoms with E-state index in [1.807, 2.05) is 4.90 Å².